The number of H-pyrrole nitrogens is 1. The molecule has 0 aliphatic carbocycles. The Hall–Kier alpha value is -3.11. The monoisotopic (exact) mass is 443 g/mol. The molecule has 4 rings (SSSR count). The zero-order chi connectivity index (χ0) is 22.0. The number of halogens is 1. The molecule has 1 aliphatic rings. The summed E-state index contributed by atoms with van der Waals surface area (Å²) in [6, 6.07) is 10.2. The number of aromatic amines is 1. The fourth-order valence-corrected chi connectivity index (χ4v) is 4.93. The lowest BCUT2D eigenvalue weighted by Gasteiger charge is -2.34. The minimum atomic E-state index is -3.74. The number of aryl methyl sites for hydroxylation is 1. The Morgan fingerprint density at radius 2 is 1.87 bits per heavy atom. The predicted molar refractivity (Wildman–Crippen MR) is 115 cm³/mol. The molecule has 3 aromatic rings. The topological polar surface area (TPSA) is 99.3 Å². The number of rotatable bonds is 5. The van der Waals surface area contributed by atoms with E-state index in [9.17, 15) is 17.6 Å². The van der Waals surface area contributed by atoms with E-state index >= 15 is 0 Å². The zero-order valence-electron chi connectivity index (χ0n) is 17.0. The van der Waals surface area contributed by atoms with Crippen molar-refractivity contribution in [3.63, 3.8) is 0 Å². The number of sulfonamides is 1. The lowest BCUT2D eigenvalue weighted by atomic mass is 10.2. The third-order valence-corrected chi connectivity index (χ3v) is 7.07. The molecule has 1 aromatic carbocycles. The van der Waals surface area contributed by atoms with Crippen LogP contribution in [0.4, 0.5) is 10.2 Å². The van der Waals surface area contributed by atoms with E-state index < -0.39 is 15.8 Å². The van der Waals surface area contributed by atoms with Crippen molar-refractivity contribution in [3.05, 3.63) is 70.5 Å². The molecule has 1 N–H and O–H groups in total. The van der Waals surface area contributed by atoms with Crippen molar-refractivity contribution >= 4 is 15.8 Å². The smallest absolute Gasteiger partial charge is 0.251 e. The lowest BCUT2D eigenvalue weighted by molar-refractivity contribution is 0.383. The Bertz CT molecular complexity index is 1240. The lowest BCUT2D eigenvalue weighted by Crippen LogP contribution is -2.48. The summed E-state index contributed by atoms with van der Waals surface area (Å²) >= 11 is 0. The molecule has 0 amide bonds. The molecular formula is C21H22FN5O3S. The Balaban J connectivity index is 1.46. The van der Waals surface area contributed by atoms with E-state index in [1.54, 1.807) is 6.20 Å². The first kappa shape index (κ1) is 21.1. The van der Waals surface area contributed by atoms with Gasteiger partial charge in [-0.15, -0.1) is 0 Å². The van der Waals surface area contributed by atoms with E-state index in [-0.39, 0.29) is 23.5 Å². The van der Waals surface area contributed by atoms with Crippen molar-refractivity contribution in [2.75, 3.05) is 31.1 Å². The van der Waals surface area contributed by atoms with E-state index in [0.29, 0.717) is 42.4 Å². The maximum Gasteiger partial charge on any atom is 0.251 e. The molecule has 1 aliphatic heterocycles. The fraction of sp³-hybridized carbons (Fsp3) is 0.286. The summed E-state index contributed by atoms with van der Waals surface area (Å²) in [6.07, 6.45) is 2.30. The Kier molecular flexibility index (Phi) is 5.84. The van der Waals surface area contributed by atoms with Crippen LogP contribution in [0.5, 0.6) is 0 Å². The van der Waals surface area contributed by atoms with Gasteiger partial charge >= 0.3 is 0 Å². The molecule has 1 saturated heterocycles. The van der Waals surface area contributed by atoms with E-state index in [0.717, 1.165) is 6.07 Å². The standard InChI is InChI=1S/C21H22FN5O3S/c1-2-17-13-20(28)25-21(24-17)15-6-7-19(23-14-15)26-8-10-27(11-9-26)31(29,30)18-5-3-4-16(22)12-18/h3-7,12-14H,2,8-11H2,1H3,(H,24,25,28). The van der Waals surface area contributed by atoms with Crippen LogP contribution in [-0.2, 0) is 16.4 Å². The maximum absolute atomic E-state index is 13.4. The van der Waals surface area contributed by atoms with Crippen molar-refractivity contribution in [2.45, 2.75) is 18.2 Å². The highest BCUT2D eigenvalue weighted by Gasteiger charge is 2.29. The molecule has 0 spiro atoms. The van der Waals surface area contributed by atoms with Gasteiger partial charge < -0.3 is 9.88 Å². The van der Waals surface area contributed by atoms with Crippen molar-refractivity contribution in [1.29, 1.82) is 0 Å². The van der Waals surface area contributed by atoms with E-state index in [1.165, 1.54) is 28.6 Å². The summed E-state index contributed by atoms with van der Waals surface area (Å²) in [5, 5.41) is 0. The van der Waals surface area contributed by atoms with E-state index in [4.69, 9.17) is 0 Å². The summed E-state index contributed by atoms with van der Waals surface area (Å²) < 4.78 is 40.3. The third kappa shape index (κ3) is 4.49. The van der Waals surface area contributed by atoms with Gasteiger partial charge in [-0.05, 0) is 36.8 Å². The number of nitrogens with one attached hydrogen (secondary N) is 1. The van der Waals surface area contributed by atoms with Crippen LogP contribution >= 0.6 is 0 Å². The minimum Gasteiger partial charge on any atom is -0.354 e. The maximum atomic E-state index is 13.4. The van der Waals surface area contributed by atoms with Crippen LogP contribution < -0.4 is 10.5 Å². The van der Waals surface area contributed by atoms with Gasteiger partial charge in [0.2, 0.25) is 10.0 Å². The van der Waals surface area contributed by atoms with Crippen molar-refractivity contribution < 1.29 is 12.8 Å². The van der Waals surface area contributed by atoms with Crippen LogP contribution in [0.3, 0.4) is 0 Å². The summed E-state index contributed by atoms with van der Waals surface area (Å²) in [7, 11) is -3.74. The first-order valence-corrected chi connectivity index (χ1v) is 11.4. The average molecular weight is 444 g/mol. The number of anilines is 1. The highest BCUT2D eigenvalue weighted by Crippen LogP contribution is 2.22. The summed E-state index contributed by atoms with van der Waals surface area (Å²) in [6.45, 7) is 3.40. The van der Waals surface area contributed by atoms with E-state index in [2.05, 4.69) is 15.0 Å². The third-order valence-electron chi connectivity index (χ3n) is 5.17. The van der Waals surface area contributed by atoms with Crippen LogP contribution in [0, 0.1) is 5.82 Å². The van der Waals surface area contributed by atoms with Gasteiger partial charge in [-0.3, -0.25) is 4.79 Å². The quantitative estimate of drug-likeness (QED) is 0.648. The van der Waals surface area contributed by atoms with Gasteiger partial charge in [0, 0.05) is 49.7 Å². The van der Waals surface area contributed by atoms with Crippen molar-refractivity contribution in [1.82, 2.24) is 19.3 Å². The molecule has 2 aromatic heterocycles. The molecule has 0 radical (unpaired) electrons. The number of pyridine rings is 1. The number of nitrogens with zero attached hydrogens (tertiary/aromatic N) is 4. The first-order valence-electron chi connectivity index (χ1n) is 9.94. The van der Waals surface area contributed by atoms with Gasteiger partial charge in [0.15, 0.2) is 0 Å². The van der Waals surface area contributed by atoms with Gasteiger partial charge in [0.05, 0.1) is 4.90 Å². The Morgan fingerprint density at radius 1 is 1.10 bits per heavy atom. The van der Waals surface area contributed by atoms with Crippen LogP contribution in [0.2, 0.25) is 0 Å². The van der Waals surface area contributed by atoms with Gasteiger partial charge in [0.1, 0.15) is 17.5 Å². The van der Waals surface area contributed by atoms with Crippen LogP contribution in [0.25, 0.3) is 11.4 Å². The molecule has 0 saturated carbocycles. The molecule has 0 atom stereocenters. The van der Waals surface area contributed by atoms with E-state index in [1.807, 2.05) is 24.0 Å². The number of benzene rings is 1. The van der Waals surface area contributed by atoms with Crippen LogP contribution in [0.15, 0.2) is 58.4 Å². The normalized spacial score (nSPS) is 15.2. The van der Waals surface area contributed by atoms with Crippen LogP contribution in [-0.4, -0.2) is 53.9 Å². The Morgan fingerprint density at radius 3 is 2.52 bits per heavy atom. The van der Waals surface area contributed by atoms with Crippen molar-refractivity contribution in [3.8, 4) is 11.4 Å². The molecular weight excluding hydrogens is 421 g/mol. The number of hydrogen-bond acceptors (Lipinski definition) is 6. The Labute approximate surface area is 179 Å². The number of aromatic nitrogens is 3. The predicted octanol–water partition coefficient (Wildman–Crippen LogP) is 2.04. The molecule has 10 heteroatoms. The largest absolute Gasteiger partial charge is 0.354 e. The number of hydrogen-bond donors (Lipinski definition) is 1. The van der Waals surface area contributed by atoms with Crippen molar-refractivity contribution in [2.24, 2.45) is 0 Å². The minimum absolute atomic E-state index is 0.0424. The van der Waals surface area contributed by atoms with Crippen LogP contribution in [0.1, 0.15) is 12.6 Å². The first-order chi connectivity index (χ1) is 14.9. The second-order valence-corrected chi connectivity index (χ2v) is 9.13. The number of piperazine rings is 1. The highest BCUT2D eigenvalue weighted by atomic mass is 32.2. The summed E-state index contributed by atoms with van der Waals surface area (Å²) in [5.74, 6) is 0.597. The molecule has 0 unspecified atom stereocenters. The molecule has 162 valence electrons. The highest BCUT2D eigenvalue weighted by molar-refractivity contribution is 7.89. The fourth-order valence-electron chi connectivity index (χ4n) is 3.47. The second kappa shape index (κ2) is 8.56. The summed E-state index contributed by atoms with van der Waals surface area (Å²) in [4.78, 5) is 25.3. The molecule has 8 nitrogen and oxygen atoms in total. The van der Waals surface area contributed by atoms with Gasteiger partial charge in [-0.1, -0.05) is 13.0 Å². The molecule has 1 fully saturated rings. The molecule has 0 bridgehead atoms. The van der Waals surface area contributed by atoms with Gasteiger partial charge in [0.25, 0.3) is 5.56 Å². The van der Waals surface area contributed by atoms with Gasteiger partial charge in [-0.2, -0.15) is 4.31 Å². The molecule has 31 heavy (non-hydrogen) atoms. The summed E-state index contributed by atoms with van der Waals surface area (Å²) in [5.41, 5.74) is 1.20. The zero-order valence-corrected chi connectivity index (χ0v) is 17.8. The average Bonchev–Trinajstić information content (AvgIpc) is 2.79. The SMILES string of the molecule is CCc1cc(=O)[nH]c(-c2ccc(N3CCN(S(=O)(=O)c4cccc(F)c4)CC3)nc2)n1. The molecule has 3 heterocycles. The second-order valence-electron chi connectivity index (χ2n) is 7.19. The van der Waals surface area contributed by atoms with Gasteiger partial charge in [-0.25, -0.2) is 22.8 Å².